The van der Waals surface area contributed by atoms with Crippen molar-refractivity contribution in [3.63, 3.8) is 0 Å². The molecule has 1 aliphatic rings. The molecule has 1 saturated heterocycles. The van der Waals surface area contributed by atoms with E-state index in [4.69, 9.17) is 20.8 Å². The van der Waals surface area contributed by atoms with Crippen molar-refractivity contribution in [3.05, 3.63) is 70.9 Å². The van der Waals surface area contributed by atoms with Crippen LogP contribution in [0.15, 0.2) is 59.0 Å². The predicted octanol–water partition coefficient (Wildman–Crippen LogP) is 3.89. The summed E-state index contributed by atoms with van der Waals surface area (Å²) in [4.78, 5) is 15.1. The third-order valence-corrected chi connectivity index (χ3v) is 4.99. The molecule has 0 radical (unpaired) electrons. The summed E-state index contributed by atoms with van der Waals surface area (Å²) >= 11 is 6.02. The van der Waals surface area contributed by atoms with Crippen LogP contribution in [0.3, 0.4) is 0 Å². The van der Waals surface area contributed by atoms with Crippen molar-refractivity contribution in [3.8, 4) is 0 Å². The minimum atomic E-state index is -0.232. The topological polar surface area (TPSA) is 54.7 Å². The van der Waals surface area contributed by atoms with Gasteiger partial charge in [0.2, 0.25) is 0 Å². The Morgan fingerprint density at radius 2 is 1.89 bits per heavy atom. The maximum Gasteiger partial charge on any atom is 0.287 e. The molecule has 0 aliphatic carbocycles. The van der Waals surface area contributed by atoms with E-state index in [9.17, 15) is 4.79 Å². The van der Waals surface area contributed by atoms with Crippen LogP contribution in [0.1, 0.15) is 22.2 Å². The Hall–Kier alpha value is -2.34. The van der Waals surface area contributed by atoms with E-state index in [1.807, 2.05) is 30.3 Å². The molecule has 1 atom stereocenters. The summed E-state index contributed by atoms with van der Waals surface area (Å²) in [5, 5.41) is 4.56. The number of ether oxygens (including phenoxy) is 1. The lowest BCUT2D eigenvalue weighted by Crippen LogP contribution is -2.43. The van der Waals surface area contributed by atoms with Crippen LogP contribution in [0.25, 0.3) is 11.0 Å². The number of carbonyl (C=O) groups excluding carboxylic acids is 1. The Morgan fingerprint density at radius 1 is 1.11 bits per heavy atom. The van der Waals surface area contributed by atoms with Gasteiger partial charge < -0.3 is 14.5 Å². The number of nitrogens with one attached hydrogen (secondary N) is 1. The first-order valence-corrected chi connectivity index (χ1v) is 9.42. The number of hydrogen-bond donors (Lipinski definition) is 1. The largest absolute Gasteiger partial charge is 0.451 e. The second-order valence-corrected chi connectivity index (χ2v) is 7.08. The van der Waals surface area contributed by atoms with Gasteiger partial charge in [0.25, 0.3) is 5.91 Å². The van der Waals surface area contributed by atoms with Crippen LogP contribution in [0, 0.1) is 0 Å². The van der Waals surface area contributed by atoms with Crippen molar-refractivity contribution in [2.45, 2.75) is 6.04 Å². The van der Waals surface area contributed by atoms with Crippen LogP contribution in [0.2, 0.25) is 5.02 Å². The SMILES string of the molecule is O=C(N[C@H](CN1CCOCC1)c1ccccc1)c1cc2cc(Cl)ccc2o1. The quantitative estimate of drug-likeness (QED) is 0.725. The minimum absolute atomic E-state index is 0.131. The molecule has 1 aliphatic heterocycles. The molecule has 5 nitrogen and oxygen atoms in total. The molecular formula is C21H21ClN2O3. The zero-order chi connectivity index (χ0) is 18.6. The maximum absolute atomic E-state index is 12.8. The molecule has 1 fully saturated rings. The highest BCUT2D eigenvalue weighted by Crippen LogP contribution is 2.24. The second kappa shape index (κ2) is 8.13. The number of fused-ring (bicyclic) bond motifs is 1. The molecular weight excluding hydrogens is 364 g/mol. The highest BCUT2D eigenvalue weighted by molar-refractivity contribution is 6.31. The van der Waals surface area contributed by atoms with E-state index < -0.39 is 0 Å². The molecule has 1 amide bonds. The van der Waals surface area contributed by atoms with Gasteiger partial charge in [-0.1, -0.05) is 41.9 Å². The Kier molecular flexibility index (Phi) is 5.43. The summed E-state index contributed by atoms with van der Waals surface area (Å²) in [5.41, 5.74) is 1.71. The highest BCUT2D eigenvalue weighted by Gasteiger charge is 2.22. The number of morpholine rings is 1. The first kappa shape index (κ1) is 18.0. The normalized spacial score (nSPS) is 16.3. The molecule has 1 aromatic heterocycles. The molecule has 4 rings (SSSR count). The molecule has 140 valence electrons. The summed E-state index contributed by atoms with van der Waals surface area (Å²) in [7, 11) is 0. The fourth-order valence-electron chi connectivity index (χ4n) is 3.32. The molecule has 0 spiro atoms. The molecule has 1 N–H and O–H groups in total. The van der Waals surface area contributed by atoms with Crippen LogP contribution in [-0.4, -0.2) is 43.7 Å². The average Bonchev–Trinajstić information content (AvgIpc) is 3.12. The Bertz CT molecular complexity index is 920. The van der Waals surface area contributed by atoms with Gasteiger partial charge in [0.15, 0.2) is 5.76 Å². The van der Waals surface area contributed by atoms with E-state index >= 15 is 0 Å². The van der Waals surface area contributed by atoms with Gasteiger partial charge in [-0.25, -0.2) is 0 Å². The molecule has 0 unspecified atom stereocenters. The van der Waals surface area contributed by atoms with Crippen LogP contribution in [0.5, 0.6) is 0 Å². The third kappa shape index (κ3) is 4.33. The Morgan fingerprint density at radius 3 is 2.67 bits per heavy atom. The van der Waals surface area contributed by atoms with E-state index in [2.05, 4.69) is 10.2 Å². The van der Waals surface area contributed by atoms with Gasteiger partial charge in [0.1, 0.15) is 5.58 Å². The fraction of sp³-hybridized carbons (Fsp3) is 0.286. The fourth-order valence-corrected chi connectivity index (χ4v) is 3.50. The molecule has 6 heteroatoms. The monoisotopic (exact) mass is 384 g/mol. The second-order valence-electron chi connectivity index (χ2n) is 6.64. The maximum atomic E-state index is 12.8. The summed E-state index contributed by atoms with van der Waals surface area (Å²) in [6.45, 7) is 3.90. The van der Waals surface area contributed by atoms with Gasteiger partial charge in [0.05, 0.1) is 19.3 Å². The number of hydrogen-bond acceptors (Lipinski definition) is 4. The predicted molar refractivity (Wildman–Crippen MR) is 105 cm³/mol. The summed E-state index contributed by atoms with van der Waals surface area (Å²) in [6.07, 6.45) is 0. The van der Waals surface area contributed by atoms with Crippen molar-refractivity contribution in [2.75, 3.05) is 32.8 Å². The van der Waals surface area contributed by atoms with Crippen LogP contribution in [-0.2, 0) is 4.74 Å². The highest BCUT2D eigenvalue weighted by atomic mass is 35.5. The van der Waals surface area contributed by atoms with Gasteiger partial charge in [-0.15, -0.1) is 0 Å². The van der Waals surface area contributed by atoms with Crippen LogP contribution < -0.4 is 5.32 Å². The summed E-state index contributed by atoms with van der Waals surface area (Å²) in [6, 6.07) is 16.9. The number of nitrogens with zero attached hydrogens (tertiary/aromatic N) is 1. The number of carbonyl (C=O) groups is 1. The van der Waals surface area contributed by atoms with Gasteiger partial charge in [-0.3, -0.25) is 9.69 Å². The number of amides is 1. The Labute approximate surface area is 162 Å². The number of rotatable bonds is 5. The first-order chi connectivity index (χ1) is 13.2. The molecule has 2 heterocycles. The molecule has 0 saturated carbocycles. The number of furan rings is 1. The van der Waals surface area contributed by atoms with Crippen molar-refractivity contribution in [1.82, 2.24) is 10.2 Å². The van der Waals surface area contributed by atoms with Crippen LogP contribution in [0.4, 0.5) is 0 Å². The van der Waals surface area contributed by atoms with E-state index in [-0.39, 0.29) is 17.7 Å². The number of halogens is 1. The molecule has 3 aromatic rings. The Balaban J connectivity index is 1.54. The van der Waals surface area contributed by atoms with E-state index in [1.54, 1.807) is 24.3 Å². The molecule has 27 heavy (non-hydrogen) atoms. The summed E-state index contributed by atoms with van der Waals surface area (Å²) < 4.78 is 11.1. The van der Waals surface area contributed by atoms with Gasteiger partial charge in [-0.2, -0.15) is 0 Å². The molecule has 0 bridgehead atoms. The van der Waals surface area contributed by atoms with Crippen molar-refractivity contribution < 1.29 is 13.9 Å². The van der Waals surface area contributed by atoms with Crippen molar-refractivity contribution in [1.29, 1.82) is 0 Å². The first-order valence-electron chi connectivity index (χ1n) is 9.04. The zero-order valence-electron chi connectivity index (χ0n) is 14.9. The minimum Gasteiger partial charge on any atom is -0.451 e. The lowest BCUT2D eigenvalue weighted by molar-refractivity contribution is 0.0331. The average molecular weight is 385 g/mol. The van der Waals surface area contributed by atoms with Crippen LogP contribution >= 0.6 is 11.6 Å². The number of benzene rings is 2. The van der Waals surface area contributed by atoms with Crippen molar-refractivity contribution in [2.24, 2.45) is 0 Å². The van der Waals surface area contributed by atoms with E-state index in [1.165, 1.54) is 0 Å². The van der Waals surface area contributed by atoms with Gasteiger partial charge >= 0.3 is 0 Å². The third-order valence-electron chi connectivity index (χ3n) is 4.75. The lowest BCUT2D eigenvalue weighted by atomic mass is 10.1. The molecule has 2 aromatic carbocycles. The van der Waals surface area contributed by atoms with E-state index in [0.29, 0.717) is 10.6 Å². The smallest absolute Gasteiger partial charge is 0.287 e. The van der Waals surface area contributed by atoms with E-state index in [0.717, 1.165) is 43.8 Å². The van der Waals surface area contributed by atoms with Crippen molar-refractivity contribution >= 4 is 28.5 Å². The zero-order valence-corrected chi connectivity index (χ0v) is 15.6. The standard InChI is InChI=1S/C21H21ClN2O3/c22-17-6-7-19-16(12-17)13-20(27-19)21(25)23-18(15-4-2-1-3-5-15)14-24-8-10-26-11-9-24/h1-7,12-13,18H,8-11,14H2,(H,23,25)/t18-/m1/s1. The lowest BCUT2D eigenvalue weighted by Gasteiger charge is -2.31. The van der Waals surface area contributed by atoms with Gasteiger partial charge in [-0.05, 0) is 29.8 Å². The van der Waals surface area contributed by atoms with Gasteiger partial charge in [0, 0.05) is 30.0 Å². The summed E-state index contributed by atoms with van der Waals surface area (Å²) in [5.74, 6) is 0.0552.